The first-order valence-corrected chi connectivity index (χ1v) is 25.2. The van der Waals surface area contributed by atoms with Gasteiger partial charge in [0.2, 0.25) is 0 Å². The second-order valence-corrected chi connectivity index (χ2v) is 19.7. The van der Waals surface area contributed by atoms with E-state index in [2.05, 4.69) is 330 Å². The normalized spacial score (nSPS) is 11.2. The van der Waals surface area contributed by atoms with Gasteiger partial charge in [-0.2, -0.15) is 43.7 Å². The van der Waals surface area contributed by atoms with E-state index in [1.807, 2.05) is 0 Å². The Morgan fingerprint density at radius 1 is 0.380 bits per heavy atom. The summed E-state index contributed by atoms with van der Waals surface area (Å²) in [4.78, 5) is 2.12. The van der Waals surface area contributed by atoms with Crippen molar-refractivity contribution in [2.45, 2.75) is 13.0 Å². The summed E-state index contributed by atoms with van der Waals surface area (Å²) in [7, 11) is 12.9. The van der Waals surface area contributed by atoms with Gasteiger partial charge in [-0.05, 0) is 0 Å². The number of guanidine groups is 1. The molecule has 0 aliphatic rings. The lowest BCUT2D eigenvalue weighted by Gasteiger charge is -2.44. The number of nitrogens with zero attached hydrogens (tertiary/aromatic N) is 3. The van der Waals surface area contributed by atoms with Crippen LogP contribution >= 0.6 is 0 Å². The van der Waals surface area contributed by atoms with Gasteiger partial charge in [-0.15, -0.1) is 0 Å². The minimum atomic E-state index is -1.22. The van der Waals surface area contributed by atoms with Crippen molar-refractivity contribution in [1.29, 1.82) is 0 Å². The largest absolute Gasteiger partial charge is 0.347 e. The van der Waals surface area contributed by atoms with E-state index in [-0.39, 0.29) is 0 Å². The fourth-order valence-electron chi connectivity index (χ4n) is 10.8. The zero-order chi connectivity index (χ0) is 49.8. The van der Waals surface area contributed by atoms with Gasteiger partial charge < -0.3 is 4.48 Å². The quantitative estimate of drug-likeness (QED) is 0.0304. The van der Waals surface area contributed by atoms with Gasteiger partial charge in [0, 0.05) is 12.0 Å². The van der Waals surface area contributed by atoms with Gasteiger partial charge in [0.25, 0.3) is 0 Å². The molecule has 0 bridgehead atoms. The van der Waals surface area contributed by atoms with E-state index in [9.17, 15) is 0 Å². The Hall–Kier alpha value is -7.66. The summed E-state index contributed by atoms with van der Waals surface area (Å²) in [6, 6.07) is 97.8. The molecule has 9 rings (SSSR count). The molecule has 0 fully saturated rings. The van der Waals surface area contributed by atoms with Crippen molar-refractivity contribution in [2.24, 2.45) is 0 Å². The molecule has 0 saturated heterocycles. The SMILES string of the molecule is CN(C)C(NCCC[N+](C)(C)Cc1ccccc1)=[N+](C)C.c1ccc([B-](c2ccccc2)(c2ccccc2)c2ccccc2)cc1.c1ccc([B-](c2ccccc2)(c2ccccc2)c2ccccc2)cc1. The second-order valence-electron chi connectivity index (χ2n) is 19.7. The summed E-state index contributed by atoms with van der Waals surface area (Å²) in [5, 5.41) is 3.51. The number of hydrogen-bond donors (Lipinski definition) is 1. The predicted octanol–water partition coefficient (Wildman–Crippen LogP) is 7.56. The van der Waals surface area contributed by atoms with Crippen LogP contribution in [0, 0.1) is 0 Å². The molecule has 0 aromatic heterocycles. The smallest absolute Gasteiger partial charge is 0.325 e. The number of hydrogen-bond acceptors (Lipinski definition) is 0. The number of quaternary nitrogens is 1. The molecular weight excluding hydrogens is 858 g/mol. The lowest BCUT2D eigenvalue weighted by Crippen LogP contribution is -2.74. The molecule has 0 aliphatic carbocycles. The van der Waals surface area contributed by atoms with E-state index in [0.717, 1.165) is 36.5 Å². The molecule has 0 aliphatic heterocycles. The van der Waals surface area contributed by atoms with Crippen molar-refractivity contribution in [2.75, 3.05) is 55.4 Å². The monoisotopic (exact) mass is 931 g/mol. The lowest BCUT2D eigenvalue weighted by atomic mass is 9.13. The number of rotatable bonds is 14. The third-order valence-corrected chi connectivity index (χ3v) is 13.9. The van der Waals surface area contributed by atoms with Crippen LogP contribution in [0.2, 0.25) is 0 Å². The Kier molecular flexibility index (Phi) is 18.2. The molecule has 4 nitrogen and oxygen atoms in total. The highest BCUT2D eigenvalue weighted by molar-refractivity contribution is 7.20. The first kappa shape index (κ1) is 51.2. The molecule has 9 aromatic carbocycles. The average Bonchev–Trinajstić information content (AvgIpc) is 3.42. The maximum Gasteiger partial charge on any atom is 0.347 e. The van der Waals surface area contributed by atoms with Crippen molar-refractivity contribution in [3.63, 3.8) is 0 Å². The molecule has 0 amide bonds. The Bertz CT molecular complexity index is 2430. The fourth-order valence-corrected chi connectivity index (χ4v) is 10.8. The van der Waals surface area contributed by atoms with Crippen LogP contribution in [-0.2, 0) is 6.54 Å². The molecule has 0 saturated carbocycles. The van der Waals surface area contributed by atoms with E-state index in [1.165, 1.54) is 49.3 Å². The van der Waals surface area contributed by atoms with Gasteiger partial charge in [-0.3, -0.25) is 14.8 Å². The van der Waals surface area contributed by atoms with Gasteiger partial charge in [-0.25, -0.2) is 0 Å². The van der Waals surface area contributed by atoms with Gasteiger partial charge in [0.05, 0.1) is 55.4 Å². The van der Waals surface area contributed by atoms with E-state index in [0.29, 0.717) is 0 Å². The maximum atomic E-state index is 3.51. The number of benzene rings is 9. The minimum absolute atomic E-state index is 1.00. The number of nitrogens with one attached hydrogen (secondary N) is 1. The Labute approximate surface area is 426 Å². The molecule has 9 aromatic rings. The van der Waals surface area contributed by atoms with Crippen LogP contribution in [0.15, 0.2) is 273 Å². The fraction of sp³-hybridized carbons (Fsp3) is 0.154. The Morgan fingerprint density at radius 3 is 0.817 bits per heavy atom. The molecular formula is C65H72B2N4. The van der Waals surface area contributed by atoms with Crippen molar-refractivity contribution in [3.8, 4) is 0 Å². The molecule has 0 atom stereocenters. The summed E-state index contributed by atoms with van der Waals surface area (Å²) in [6.07, 6.45) is -1.27. The summed E-state index contributed by atoms with van der Waals surface area (Å²) in [5.74, 6) is 1.16. The van der Waals surface area contributed by atoms with Crippen molar-refractivity contribution >= 4 is 62.0 Å². The molecule has 71 heavy (non-hydrogen) atoms. The minimum Gasteiger partial charge on any atom is -0.325 e. The van der Waals surface area contributed by atoms with Gasteiger partial charge in [0.1, 0.15) is 18.8 Å². The molecule has 358 valence electrons. The maximum absolute atomic E-state index is 3.51. The molecule has 6 heteroatoms. The van der Waals surface area contributed by atoms with Crippen LogP contribution in [0.1, 0.15) is 12.0 Å². The van der Waals surface area contributed by atoms with Crippen molar-refractivity contribution in [3.05, 3.63) is 279 Å². The van der Waals surface area contributed by atoms with Crippen LogP contribution in [-0.4, -0.2) is 87.6 Å². The van der Waals surface area contributed by atoms with Gasteiger partial charge in [-0.1, -0.05) is 273 Å². The van der Waals surface area contributed by atoms with E-state index in [4.69, 9.17) is 0 Å². The molecule has 0 spiro atoms. The van der Waals surface area contributed by atoms with Crippen molar-refractivity contribution < 1.29 is 9.06 Å². The van der Waals surface area contributed by atoms with Crippen LogP contribution in [0.3, 0.4) is 0 Å². The third kappa shape index (κ3) is 12.8. The highest BCUT2D eigenvalue weighted by atomic mass is 15.3. The Morgan fingerprint density at radius 2 is 0.606 bits per heavy atom. The van der Waals surface area contributed by atoms with Crippen LogP contribution in [0.4, 0.5) is 0 Å². The summed E-state index contributed by atoms with van der Waals surface area (Å²) in [5.41, 5.74) is 12.1. The van der Waals surface area contributed by atoms with Crippen LogP contribution < -0.4 is 49.0 Å². The highest BCUT2D eigenvalue weighted by Crippen LogP contribution is 2.12. The predicted molar refractivity (Wildman–Crippen MR) is 311 cm³/mol. The van der Waals surface area contributed by atoms with E-state index < -0.39 is 12.3 Å². The first-order valence-electron chi connectivity index (χ1n) is 25.2. The molecule has 1 N–H and O–H groups in total. The molecule has 0 heterocycles. The summed E-state index contributed by atoms with van der Waals surface area (Å²) in [6.45, 7) is 3.25. The Balaban J connectivity index is 0.000000158. The van der Waals surface area contributed by atoms with Gasteiger partial charge in [0.15, 0.2) is 0 Å². The standard InChI is InChI=1S/2C24H20B.C17H31N4/c2*1-5-13-21(14-6-1)25(22-15-7-2-8-16-22,23-17-9-3-10-18-23)24-19-11-4-12-20-24;1-19(2)17(20(3)4)18-13-10-14-21(5,6)15-16-11-8-7-9-12-16/h2*1-20H;7-9,11-12H,10,13-15H2,1-6H3/q2*-1;+1/p+1. The average molecular weight is 931 g/mol. The molecule has 0 unspecified atom stereocenters. The van der Waals surface area contributed by atoms with Crippen LogP contribution in [0.25, 0.3) is 0 Å². The summed E-state index contributed by atoms with van der Waals surface area (Å²) < 4.78 is 3.13. The highest BCUT2D eigenvalue weighted by Gasteiger charge is 2.32. The van der Waals surface area contributed by atoms with E-state index >= 15 is 0 Å². The molecule has 0 radical (unpaired) electrons. The van der Waals surface area contributed by atoms with Gasteiger partial charge >= 0.3 is 5.96 Å². The first-order chi connectivity index (χ1) is 34.7. The van der Waals surface area contributed by atoms with E-state index in [1.54, 1.807) is 0 Å². The second kappa shape index (κ2) is 25.3. The zero-order valence-electron chi connectivity index (χ0n) is 42.8. The zero-order valence-corrected chi connectivity index (χ0v) is 42.8. The third-order valence-electron chi connectivity index (χ3n) is 13.9. The van der Waals surface area contributed by atoms with Crippen molar-refractivity contribution in [1.82, 2.24) is 10.2 Å². The lowest BCUT2D eigenvalue weighted by molar-refractivity contribution is -0.903. The topological polar surface area (TPSA) is 18.3 Å². The summed E-state index contributed by atoms with van der Waals surface area (Å²) >= 11 is 0. The van der Waals surface area contributed by atoms with Crippen LogP contribution in [0.5, 0.6) is 0 Å².